The van der Waals surface area contributed by atoms with Crippen LogP contribution in [0.4, 0.5) is 19.0 Å². The van der Waals surface area contributed by atoms with Crippen LogP contribution in [0, 0.1) is 0 Å². The van der Waals surface area contributed by atoms with Crippen LogP contribution < -0.4 is 4.90 Å². The Hall–Kier alpha value is -3.14. The van der Waals surface area contributed by atoms with Crippen molar-refractivity contribution in [2.75, 3.05) is 19.0 Å². The Labute approximate surface area is 187 Å². The quantitative estimate of drug-likeness (QED) is 0.387. The van der Waals surface area contributed by atoms with Gasteiger partial charge in [-0.15, -0.1) is 0 Å². The van der Waals surface area contributed by atoms with Crippen LogP contribution >= 0.6 is 11.6 Å². The first-order chi connectivity index (χ1) is 15.0. The van der Waals surface area contributed by atoms with Gasteiger partial charge in [0.2, 0.25) is 5.28 Å². The van der Waals surface area contributed by atoms with E-state index in [1.165, 1.54) is 4.57 Å². The number of hydrogen-bond acceptors (Lipinski definition) is 5. The largest absolute Gasteiger partial charge is 0.434 e. The molecule has 4 aromatic rings. The lowest BCUT2D eigenvalue weighted by molar-refractivity contribution is -0.140. The van der Waals surface area contributed by atoms with Gasteiger partial charge in [0.1, 0.15) is 11.6 Å². The first-order valence-electron chi connectivity index (χ1n) is 9.86. The molecule has 11 heteroatoms. The van der Waals surface area contributed by atoms with Crippen LogP contribution in [0.15, 0.2) is 36.7 Å². The molecule has 0 atom stereocenters. The van der Waals surface area contributed by atoms with Crippen molar-refractivity contribution in [3.8, 4) is 11.4 Å². The summed E-state index contributed by atoms with van der Waals surface area (Å²) in [4.78, 5) is 14.2. The second kappa shape index (κ2) is 8.09. The summed E-state index contributed by atoms with van der Waals surface area (Å²) >= 11 is 6.08. The molecule has 0 saturated heterocycles. The Morgan fingerprint density at radius 3 is 2.34 bits per heavy atom. The lowest BCUT2D eigenvalue weighted by Crippen LogP contribution is -2.12. The van der Waals surface area contributed by atoms with Crippen LogP contribution in [-0.4, -0.2) is 43.4 Å². The Kier molecular flexibility index (Phi) is 5.58. The van der Waals surface area contributed by atoms with Crippen LogP contribution in [0.3, 0.4) is 0 Å². The standard InChI is InChI=1S/C21H21ClF3N7/c1-12(2)31-11-16(21(23,24)25)27-17(31)14-7-5-13(6-8-14)10-32-19-15(9-26-32)18(30(3)4)28-20(22)29-19/h5-9,11-12H,10H2,1-4H3. The van der Waals surface area contributed by atoms with E-state index < -0.39 is 11.9 Å². The second-order valence-electron chi connectivity index (χ2n) is 7.90. The lowest BCUT2D eigenvalue weighted by Gasteiger charge is -2.13. The van der Waals surface area contributed by atoms with Gasteiger partial charge in [0, 0.05) is 31.9 Å². The van der Waals surface area contributed by atoms with Gasteiger partial charge in [-0.05, 0) is 31.0 Å². The number of imidazole rings is 1. The third kappa shape index (κ3) is 4.14. The lowest BCUT2D eigenvalue weighted by atomic mass is 10.1. The summed E-state index contributed by atoms with van der Waals surface area (Å²) in [5.74, 6) is 0.946. The molecule has 0 bridgehead atoms. The van der Waals surface area contributed by atoms with Gasteiger partial charge in [-0.25, -0.2) is 9.67 Å². The van der Waals surface area contributed by atoms with Gasteiger partial charge in [0.15, 0.2) is 11.3 Å². The molecule has 0 radical (unpaired) electrons. The van der Waals surface area contributed by atoms with Crippen molar-refractivity contribution in [1.29, 1.82) is 0 Å². The van der Waals surface area contributed by atoms with E-state index in [2.05, 4.69) is 20.1 Å². The van der Waals surface area contributed by atoms with Crippen molar-refractivity contribution in [3.63, 3.8) is 0 Å². The molecule has 168 valence electrons. The Morgan fingerprint density at radius 1 is 1.06 bits per heavy atom. The van der Waals surface area contributed by atoms with E-state index >= 15 is 0 Å². The fourth-order valence-electron chi connectivity index (χ4n) is 3.44. The van der Waals surface area contributed by atoms with Crippen molar-refractivity contribution < 1.29 is 13.2 Å². The number of rotatable bonds is 5. The highest BCUT2D eigenvalue weighted by Crippen LogP contribution is 2.32. The summed E-state index contributed by atoms with van der Waals surface area (Å²) in [6, 6.07) is 7.03. The van der Waals surface area contributed by atoms with E-state index in [4.69, 9.17) is 11.6 Å². The third-order valence-corrected chi connectivity index (χ3v) is 5.17. The predicted molar refractivity (Wildman–Crippen MR) is 117 cm³/mol. The monoisotopic (exact) mass is 463 g/mol. The Bertz CT molecular complexity index is 1260. The highest BCUT2D eigenvalue weighted by Gasteiger charge is 2.35. The topological polar surface area (TPSA) is 64.7 Å². The summed E-state index contributed by atoms with van der Waals surface area (Å²) in [7, 11) is 3.72. The minimum atomic E-state index is -4.50. The molecule has 0 N–H and O–H groups in total. The molecule has 3 heterocycles. The van der Waals surface area contributed by atoms with Gasteiger partial charge in [0.05, 0.1) is 18.1 Å². The maximum atomic E-state index is 13.2. The molecule has 0 saturated carbocycles. The number of nitrogens with zero attached hydrogens (tertiary/aromatic N) is 7. The van der Waals surface area contributed by atoms with Gasteiger partial charge in [-0.2, -0.15) is 28.2 Å². The third-order valence-electron chi connectivity index (χ3n) is 5.00. The molecule has 0 spiro atoms. The molecule has 0 aliphatic heterocycles. The van der Waals surface area contributed by atoms with Crippen LogP contribution in [0.25, 0.3) is 22.4 Å². The van der Waals surface area contributed by atoms with Gasteiger partial charge >= 0.3 is 6.18 Å². The van der Waals surface area contributed by atoms with Crippen molar-refractivity contribution in [1.82, 2.24) is 29.3 Å². The number of aromatic nitrogens is 6. The number of hydrogen-bond donors (Lipinski definition) is 0. The number of fused-ring (bicyclic) bond motifs is 1. The van der Waals surface area contributed by atoms with Crippen LogP contribution in [-0.2, 0) is 12.7 Å². The Balaban J connectivity index is 1.66. The molecule has 0 aliphatic carbocycles. The number of anilines is 1. The first kappa shape index (κ1) is 22.1. The molecular weight excluding hydrogens is 443 g/mol. The second-order valence-corrected chi connectivity index (χ2v) is 8.23. The highest BCUT2D eigenvalue weighted by atomic mass is 35.5. The van der Waals surface area contributed by atoms with Gasteiger partial charge in [-0.1, -0.05) is 24.3 Å². The molecule has 32 heavy (non-hydrogen) atoms. The van der Waals surface area contributed by atoms with Crippen LogP contribution in [0.5, 0.6) is 0 Å². The van der Waals surface area contributed by atoms with Crippen molar-refractivity contribution in [3.05, 3.63) is 53.2 Å². The highest BCUT2D eigenvalue weighted by molar-refractivity contribution is 6.28. The van der Waals surface area contributed by atoms with E-state index in [1.54, 1.807) is 23.0 Å². The smallest absolute Gasteiger partial charge is 0.362 e. The molecule has 0 unspecified atom stereocenters. The molecule has 3 aromatic heterocycles. The predicted octanol–water partition coefficient (Wildman–Crippen LogP) is 5.06. The number of benzene rings is 1. The molecule has 0 aliphatic rings. The first-order valence-corrected chi connectivity index (χ1v) is 10.2. The summed E-state index contributed by atoms with van der Waals surface area (Å²) in [5.41, 5.74) is 1.20. The summed E-state index contributed by atoms with van der Waals surface area (Å²) in [6.07, 6.45) is -1.76. The van der Waals surface area contributed by atoms with E-state index in [0.29, 0.717) is 23.6 Å². The molecule has 4 rings (SSSR count). The summed E-state index contributed by atoms with van der Waals surface area (Å²) in [6.45, 7) is 4.05. The van der Waals surface area contributed by atoms with Crippen LogP contribution in [0.1, 0.15) is 31.1 Å². The molecular formula is C21H21ClF3N7. The maximum absolute atomic E-state index is 13.2. The zero-order valence-electron chi connectivity index (χ0n) is 17.9. The van der Waals surface area contributed by atoms with Crippen molar-refractivity contribution in [2.24, 2.45) is 0 Å². The SMILES string of the molecule is CC(C)n1cc(C(F)(F)F)nc1-c1ccc(Cn2ncc3c(N(C)C)nc(Cl)nc32)cc1. The van der Waals surface area contributed by atoms with Crippen molar-refractivity contribution in [2.45, 2.75) is 32.6 Å². The van der Waals surface area contributed by atoms with E-state index in [-0.39, 0.29) is 17.1 Å². The van der Waals surface area contributed by atoms with Crippen LogP contribution in [0.2, 0.25) is 5.28 Å². The average molecular weight is 464 g/mol. The maximum Gasteiger partial charge on any atom is 0.434 e. The van der Waals surface area contributed by atoms with E-state index in [1.807, 2.05) is 45.0 Å². The molecule has 7 nitrogen and oxygen atoms in total. The van der Waals surface area contributed by atoms with Crippen molar-refractivity contribution >= 4 is 28.5 Å². The zero-order valence-corrected chi connectivity index (χ0v) is 18.6. The van der Waals surface area contributed by atoms with Gasteiger partial charge in [0.25, 0.3) is 0 Å². The summed E-state index contributed by atoms with van der Waals surface area (Å²) < 4.78 is 42.7. The zero-order chi connectivity index (χ0) is 23.2. The fourth-order valence-corrected chi connectivity index (χ4v) is 3.60. The summed E-state index contributed by atoms with van der Waals surface area (Å²) in [5, 5.41) is 5.31. The van der Waals surface area contributed by atoms with Gasteiger partial charge in [-0.3, -0.25) is 0 Å². The van der Waals surface area contributed by atoms with E-state index in [9.17, 15) is 13.2 Å². The molecule has 0 amide bonds. The molecule has 1 aromatic carbocycles. The average Bonchev–Trinajstić information content (AvgIpc) is 3.33. The molecule has 0 fully saturated rings. The fraction of sp³-hybridized carbons (Fsp3) is 0.333. The minimum absolute atomic E-state index is 0.124. The number of halogens is 4. The van der Waals surface area contributed by atoms with Gasteiger partial charge < -0.3 is 9.47 Å². The minimum Gasteiger partial charge on any atom is -0.362 e. The Morgan fingerprint density at radius 2 is 1.75 bits per heavy atom. The number of alkyl halides is 3. The normalized spacial score (nSPS) is 12.2. The van der Waals surface area contributed by atoms with E-state index in [0.717, 1.165) is 17.1 Å².